The van der Waals surface area contributed by atoms with Gasteiger partial charge in [-0.25, -0.2) is 4.99 Å². The lowest BCUT2D eigenvalue weighted by Crippen LogP contribution is -2.46. The summed E-state index contributed by atoms with van der Waals surface area (Å²) in [6.07, 6.45) is 3.53. The molecule has 2 aromatic rings. The van der Waals surface area contributed by atoms with Crippen LogP contribution in [0.25, 0.3) is 0 Å². The second kappa shape index (κ2) is 10.7. The maximum Gasteiger partial charge on any atom is 0.269 e. The van der Waals surface area contributed by atoms with Gasteiger partial charge in [0.2, 0.25) is 0 Å². The Bertz CT molecular complexity index is 954. The van der Waals surface area contributed by atoms with Crippen LogP contribution in [0.5, 0.6) is 0 Å². The van der Waals surface area contributed by atoms with Gasteiger partial charge in [0, 0.05) is 43.5 Å². The van der Waals surface area contributed by atoms with Crippen LogP contribution < -0.4 is 5.73 Å². The van der Waals surface area contributed by atoms with Crippen molar-refractivity contribution in [2.75, 3.05) is 6.61 Å². The summed E-state index contributed by atoms with van der Waals surface area (Å²) in [6.45, 7) is 0.924. The van der Waals surface area contributed by atoms with Crippen LogP contribution >= 0.6 is 0 Å². The molecule has 32 heavy (non-hydrogen) atoms. The highest BCUT2D eigenvalue weighted by Gasteiger charge is 2.27. The minimum Gasteiger partial charge on any atom is -0.396 e. The van der Waals surface area contributed by atoms with Crippen LogP contribution in [-0.2, 0) is 13.1 Å². The summed E-state index contributed by atoms with van der Waals surface area (Å²) >= 11 is 0. The number of aliphatic imine (C=N–C) groups is 1. The van der Waals surface area contributed by atoms with E-state index in [9.17, 15) is 25.3 Å². The molecule has 1 aliphatic carbocycles. The molecule has 10 heteroatoms. The Labute approximate surface area is 185 Å². The van der Waals surface area contributed by atoms with Gasteiger partial charge in [-0.3, -0.25) is 20.2 Å². The highest BCUT2D eigenvalue weighted by molar-refractivity contribution is 5.78. The number of hydrogen-bond acceptors (Lipinski definition) is 6. The largest absolute Gasteiger partial charge is 0.396 e. The lowest BCUT2D eigenvalue weighted by molar-refractivity contribution is -0.385. The SMILES string of the molecule is NC(=NCc1ccc([N+](=O)[O-])cc1)N(Cc1ccc([N+](=O)[O-])cc1)C1CCC(CO)CC1. The van der Waals surface area contributed by atoms with Crippen molar-refractivity contribution in [2.24, 2.45) is 16.6 Å². The predicted molar refractivity (Wildman–Crippen MR) is 120 cm³/mol. The molecule has 3 rings (SSSR count). The molecule has 1 saturated carbocycles. The third-order valence-electron chi connectivity index (χ3n) is 5.88. The fraction of sp³-hybridized carbons (Fsp3) is 0.409. The van der Waals surface area contributed by atoms with Crippen LogP contribution in [0.1, 0.15) is 36.8 Å². The van der Waals surface area contributed by atoms with E-state index in [1.165, 1.54) is 24.3 Å². The van der Waals surface area contributed by atoms with Crippen molar-refractivity contribution in [1.29, 1.82) is 0 Å². The molecule has 170 valence electrons. The second-order valence-electron chi connectivity index (χ2n) is 8.01. The first-order valence-electron chi connectivity index (χ1n) is 10.5. The number of hydrogen-bond donors (Lipinski definition) is 2. The molecular formula is C22H27N5O5. The van der Waals surface area contributed by atoms with Gasteiger partial charge in [-0.2, -0.15) is 0 Å². The minimum atomic E-state index is -0.448. The number of benzene rings is 2. The highest BCUT2D eigenvalue weighted by atomic mass is 16.6. The van der Waals surface area contributed by atoms with Crippen LogP contribution in [0.4, 0.5) is 11.4 Å². The summed E-state index contributed by atoms with van der Waals surface area (Å²) in [5, 5.41) is 31.2. The fourth-order valence-electron chi connectivity index (χ4n) is 3.94. The molecule has 2 aromatic carbocycles. The van der Waals surface area contributed by atoms with Crippen LogP contribution in [0, 0.1) is 26.1 Å². The molecule has 3 N–H and O–H groups in total. The van der Waals surface area contributed by atoms with E-state index in [2.05, 4.69) is 4.99 Å². The van der Waals surface area contributed by atoms with Gasteiger partial charge in [0.1, 0.15) is 0 Å². The summed E-state index contributed by atoms with van der Waals surface area (Å²) in [7, 11) is 0. The Morgan fingerprint density at radius 1 is 0.938 bits per heavy atom. The Kier molecular flexibility index (Phi) is 7.72. The minimum absolute atomic E-state index is 0.0196. The van der Waals surface area contributed by atoms with E-state index in [1.54, 1.807) is 24.3 Å². The van der Waals surface area contributed by atoms with Gasteiger partial charge < -0.3 is 15.7 Å². The van der Waals surface area contributed by atoms with Crippen LogP contribution in [0.3, 0.4) is 0 Å². The molecule has 0 atom stereocenters. The average Bonchev–Trinajstić information content (AvgIpc) is 2.81. The Hall–Kier alpha value is -3.53. The van der Waals surface area contributed by atoms with Gasteiger partial charge in [0.15, 0.2) is 5.96 Å². The molecule has 0 saturated heterocycles. The van der Waals surface area contributed by atoms with E-state index in [0.29, 0.717) is 18.4 Å². The standard InChI is InChI=1S/C22H27N5O5/c23-22(24-13-16-1-9-20(10-2-16)26(29)30)25(19-7-5-18(15-28)6-8-19)14-17-3-11-21(12-4-17)27(31)32/h1-4,9-12,18-19,28H,5-8,13-15H2,(H2,23,24). The lowest BCUT2D eigenvalue weighted by atomic mass is 9.85. The number of nitrogens with zero attached hydrogens (tertiary/aromatic N) is 4. The molecule has 0 radical (unpaired) electrons. The van der Waals surface area contributed by atoms with Crippen molar-refractivity contribution < 1.29 is 15.0 Å². The van der Waals surface area contributed by atoms with E-state index in [-0.39, 0.29) is 30.6 Å². The summed E-state index contributed by atoms with van der Waals surface area (Å²) in [5.74, 6) is 0.653. The monoisotopic (exact) mass is 441 g/mol. The number of non-ortho nitro benzene ring substituents is 2. The highest BCUT2D eigenvalue weighted by Crippen LogP contribution is 2.28. The Morgan fingerprint density at radius 2 is 1.44 bits per heavy atom. The van der Waals surface area contributed by atoms with E-state index in [4.69, 9.17) is 5.73 Å². The second-order valence-corrected chi connectivity index (χ2v) is 8.01. The molecule has 0 aromatic heterocycles. The van der Waals surface area contributed by atoms with E-state index in [0.717, 1.165) is 36.8 Å². The number of nitrogens with two attached hydrogens (primary N) is 1. The van der Waals surface area contributed by atoms with Gasteiger partial charge in [-0.1, -0.05) is 24.3 Å². The molecule has 1 fully saturated rings. The zero-order valence-electron chi connectivity index (χ0n) is 17.7. The molecule has 0 aliphatic heterocycles. The number of aliphatic hydroxyl groups is 1. The lowest BCUT2D eigenvalue weighted by Gasteiger charge is -2.37. The van der Waals surface area contributed by atoms with E-state index in [1.807, 2.05) is 4.90 Å². The summed E-state index contributed by atoms with van der Waals surface area (Å²) in [5.41, 5.74) is 8.11. The smallest absolute Gasteiger partial charge is 0.269 e. The fourth-order valence-corrected chi connectivity index (χ4v) is 3.94. The van der Waals surface area contributed by atoms with Crippen molar-refractivity contribution in [3.05, 3.63) is 79.9 Å². The van der Waals surface area contributed by atoms with E-state index < -0.39 is 9.85 Å². The zero-order chi connectivity index (χ0) is 23.1. The summed E-state index contributed by atoms with van der Waals surface area (Å²) in [6, 6.07) is 12.7. The molecule has 10 nitrogen and oxygen atoms in total. The topological polar surface area (TPSA) is 148 Å². The maximum absolute atomic E-state index is 10.9. The number of aliphatic hydroxyl groups excluding tert-OH is 1. The van der Waals surface area contributed by atoms with Crippen molar-refractivity contribution in [3.63, 3.8) is 0 Å². The first-order chi connectivity index (χ1) is 15.4. The molecule has 0 spiro atoms. The number of nitro groups is 2. The quantitative estimate of drug-likeness (QED) is 0.276. The molecule has 0 heterocycles. The van der Waals surface area contributed by atoms with Crippen molar-refractivity contribution in [2.45, 2.75) is 44.8 Å². The molecule has 0 bridgehead atoms. The normalized spacial score (nSPS) is 18.8. The van der Waals surface area contributed by atoms with Crippen LogP contribution in [-0.4, -0.2) is 38.5 Å². The summed E-state index contributed by atoms with van der Waals surface area (Å²) < 4.78 is 0. The molecular weight excluding hydrogens is 414 g/mol. The average molecular weight is 441 g/mol. The van der Waals surface area contributed by atoms with Crippen LogP contribution in [0.15, 0.2) is 53.5 Å². The first-order valence-corrected chi connectivity index (χ1v) is 10.5. The van der Waals surface area contributed by atoms with Crippen molar-refractivity contribution >= 4 is 17.3 Å². The van der Waals surface area contributed by atoms with Gasteiger partial charge >= 0.3 is 0 Å². The predicted octanol–water partition coefficient (Wildman–Crippen LogP) is 3.37. The molecule has 0 amide bonds. The van der Waals surface area contributed by atoms with Gasteiger partial charge in [0.25, 0.3) is 11.4 Å². The third kappa shape index (κ3) is 6.01. The van der Waals surface area contributed by atoms with Crippen molar-refractivity contribution in [1.82, 2.24) is 4.90 Å². The Balaban J connectivity index is 1.76. The first kappa shape index (κ1) is 23.1. The molecule has 1 aliphatic rings. The van der Waals surface area contributed by atoms with Gasteiger partial charge in [-0.05, 0) is 42.7 Å². The van der Waals surface area contributed by atoms with Gasteiger partial charge in [-0.15, -0.1) is 0 Å². The van der Waals surface area contributed by atoms with E-state index >= 15 is 0 Å². The zero-order valence-corrected chi connectivity index (χ0v) is 17.7. The number of rotatable bonds is 8. The van der Waals surface area contributed by atoms with Crippen LogP contribution in [0.2, 0.25) is 0 Å². The molecule has 0 unspecified atom stereocenters. The maximum atomic E-state index is 10.9. The summed E-state index contributed by atoms with van der Waals surface area (Å²) in [4.78, 5) is 27.4. The van der Waals surface area contributed by atoms with Crippen molar-refractivity contribution in [3.8, 4) is 0 Å². The third-order valence-corrected chi connectivity index (χ3v) is 5.88. The Morgan fingerprint density at radius 3 is 1.91 bits per heavy atom. The number of nitro benzene ring substituents is 2. The van der Waals surface area contributed by atoms with Gasteiger partial charge in [0.05, 0.1) is 16.4 Å². The number of guanidine groups is 1.